The molecule has 0 saturated carbocycles. The molecule has 0 aliphatic heterocycles. The molecule has 2 rings (SSSR count). The number of nitrogens with one attached hydrogen (secondary N) is 1. The molecule has 1 heterocycles. The van der Waals surface area contributed by atoms with Crippen LogP contribution < -0.4 is 5.32 Å². The Bertz CT molecular complexity index is 563. The highest BCUT2D eigenvalue weighted by molar-refractivity contribution is 5.26. The number of nitrogens with zero attached hydrogens (tertiary/aromatic N) is 2. The van der Waals surface area contributed by atoms with E-state index in [1.54, 1.807) is 0 Å². The maximum atomic E-state index is 5.52. The van der Waals surface area contributed by atoms with Crippen LogP contribution >= 0.6 is 0 Å². The van der Waals surface area contributed by atoms with E-state index in [0.29, 0.717) is 6.61 Å². The van der Waals surface area contributed by atoms with Gasteiger partial charge in [0.1, 0.15) is 0 Å². The Morgan fingerprint density at radius 2 is 1.81 bits per heavy atom. The van der Waals surface area contributed by atoms with E-state index in [1.165, 1.54) is 22.4 Å². The van der Waals surface area contributed by atoms with E-state index < -0.39 is 0 Å². The molecule has 0 aliphatic carbocycles. The molecule has 1 aromatic carbocycles. The number of hydrogen-bond acceptors (Lipinski definition) is 3. The summed E-state index contributed by atoms with van der Waals surface area (Å²) >= 11 is 0. The van der Waals surface area contributed by atoms with E-state index in [9.17, 15) is 0 Å². The first kappa shape index (κ1) is 15.7. The Balaban J connectivity index is 1.94. The standard InChI is InChI=1S/C17H25N3O/c1-4-17-16(12-20(3)19-17)11-18-10-14-8-6-7-9-15(14)13-21-5-2/h6-9,12,18H,4-5,10-11,13H2,1-3H3. The van der Waals surface area contributed by atoms with E-state index in [0.717, 1.165) is 26.1 Å². The first-order chi connectivity index (χ1) is 10.2. The van der Waals surface area contributed by atoms with Crippen molar-refractivity contribution in [3.63, 3.8) is 0 Å². The maximum Gasteiger partial charge on any atom is 0.0719 e. The van der Waals surface area contributed by atoms with Crippen LogP contribution in [-0.2, 0) is 37.9 Å². The average molecular weight is 287 g/mol. The SMILES string of the molecule is CCOCc1ccccc1CNCc1cn(C)nc1CC. The molecule has 2 aromatic rings. The summed E-state index contributed by atoms with van der Waals surface area (Å²) in [5, 5.41) is 7.98. The number of aromatic nitrogens is 2. The Morgan fingerprint density at radius 1 is 1.10 bits per heavy atom. The molecule has 0 atom stereocenters. The third-order valence-electron chi connectivity index (χ3n) is 3.54. The molecule has 4 heteroatoms. The van der Waals surface area contributed by atoms with Gasteiger partial charge in [-0.05, 0) is 24.5 Å². The second-order valence-electron chi connectivity index (χ2n) is 5.14. The Labute approximate surface area is 127 Å². The molecule has 0 fully saturated rings. The van der Waals surface area contributed by atoms with Crippen molar-refractivity contribution in [2.45, 2.75) is 40.0 Å². The molecular weight excluding hydrogens is 262 g/mol. The van der Waals surface area contributed by atoms with Gasteiger partial charge in [0.05, 0.1) is 12.3 Å². The summed E-state index contributed by atoms with van der Waals surface area (Å²) in [4.78, 5) is 0. The Morgan fingerprint density at radius 3 is 2.52 bits per heavy atom. The third-order valence-corrected chi connectivity index (χ3v) is 3.54. The predicted octanol–water partition coefficient (Wildman–Crippen LogP) is 2.81. The van der Waals surface area contributed by atoms with Crippen LogP contribution in [0.25, 0.3) is 0 Å². The normalized spacial score (nSPS) is 11.0. The zero-order valence-corrected chi connectivity index (χ0v) is 13.2. The minimum atomic E-state index is 0.682. The van der Waals surface area contributed by atoms with E-state index >= 15 is 0 Å². The summed E-state index contributed by atoms with van der Waals surface area (Å²) in [5.74, 6) is 0. The van der Waals surface area contributed by atoms with Gasteiger partial charge in [-0.25, -0.2) is 0 Å². The third kappa shape index (κ3) is 4.41. The van der Waals surface area contributed by atoms with Crippen LogP contribution in [0.5, 0.6) is 0 Å². The molecule has 0 radical (unpaired) electrons. The molecule has 0 bridgehead atoms. The summed E-state index contributed by atoms with van der Waals surface area (Å²) in [5.41, 5.74) is 5.01. The molecule has 1 aromatic heterocycles. The first-order valence-corrected chi connectivity index (χ1v) is 7.61. The molecule has 114 valence electrons. The van der Waals surface area contributed by atoms with Crippen molar-refractivity contribution in [2.75, 3.05) is 6.61 Å². The van der Waals surface area contributed by atoms with Crippen LogP contribution in [0.1, 0.15) is 36.2 Å². The second kappa shape index (κ2) is 7.96. The van der Waals surface area contributed by atoms with Crippen LogP contribution in [0, 0.1) is 0 Å². The largest absolute Gasteiger partial charge is 0.377 e. The van der Waals surface area contributed by atoms with E-state index in [2.05, 4.69) is 47.8 Å². The molecule has 0 spiro atoms. The van der Waals surface area contributed by atoms with E-state index in [1.807, 2.05) is 18.7 Å². The topological polar surface area (TPSA) is 39.1 Å². The highest BCUT2D eigenvalue weighted by Gasteiger charge is 2.06. The van der Waals surface area contributed by atoms with Crippen molar-refractivity contribution in [3.05, 3.63) is 52.8 Å². The predicted molar refractivity (Wildman–Crippen MR) is 84.9 cm³/mol. The maximum absolute atomic E-state index is 5.52. The van der Waals surface area contributed by atoms with Crippen LogP contribution in [0.3, 0.4) is 0 Å². The van der Waals surface area contributed by atoms with Crippen LogP contribution in [0.4, 0.5) is 0 Å². The highest BCUT2D eigenvalue weighted by Crippen LogP contribution is 2.11. The zero-order chi connectivity index (χ0) is 15.1. The lowest BCUT2D eigenvalue weighted by Gasteiger charge is -2.10. The lowest BCUT2D eigenvalue weighted by atomic mass is 10.1. The number of hydrogen-bond donors (Lipinski definition) is 1. The van der Waals surface area contributed by atoms with Crippen molar-refractivity contribution >= 4 is 0 Å². The lowest BCUT2D eigenvalue weighted by Crippen LogP contribution is -2.15. The van der Waals surface area contributed by atoms with Crippen molar-refractivity contribution < 1.29 is 4.74 Å². The fourth-order valence-electron chi connectivity index (χ4n) is 2.44. The van der Waals surface area contributed by atoms with Crippen LogP contribution in [-0.4, -0.2) is 16.4 Å². The van der Waals surface area contributed by atoms with Gasteiger partial charge in [0, 0.05) is 38.5 Å². The van der Waals surface area contributed by atoms with Crippen molar-refractivity contribution in [3.8, 4) is 0 Å². The number of aryl methyl sites for hydroxylation is 2. The summed E-state index contributed by atoms with van der Waals surface area (Å²) in [7, 11) is 1.97. The highest BCUT2D eigenvalue weighted by atomic mass is 16.5. The van der Waals surface area contributed by atoms with Gasteiger partial charge in [0.25, 0.3) is 0 Å². The fourth-order valence-corrected chi connectivity index (χ4v) is 2.44. The Hall–Kier alpha value is -1.65. The van der Waals surface area contributed by atoms with Crippen molar-refractivity contribution in [2.24, 2.45) is 7.05 Å². The van der Waals surface area contributed by atoms with Gasteiger partial charge in [-0.2, -0.15) is 5.10 Å². The monoisotopic (exact) mass is 287 g/mol. The van der Waals surface area contributed by atoms with Gasteiger partial charge in [-0.1, -0.05) is 31.2 Å². The zero-order valence-electron chi connectivity index (χ0n) is 13.2. The van der Waals surface area contributed by atoms with Gasteiger partial charge < -0.3 is 10.1 Å². The molecule has 0 saturated heterocycles. The molecule has 0 unspecified atom stereocenters. The van der Waals surface area contributed by atoms with Crippen LogP contribution in [0.2, 0.25) is 0 Å². The van der Waals surface area contributed by atoms with E-state index in [4.69, 9.17) is 4.74 Å². The average Bonchev–Trinajstić information content (AvgIpc) is 2.86. The molecule has 4 nitrogen and oxygen atoms in total. The second-order valence-corrected chi connectivity index (χ2v) is 5.14. The van der Waals surface area contributed by atoms with Gasteiger partial charge in [0.15, 0.2) is 0 Å². The van der Waals surface area contributed by atoms with Crippen LogP contribution in [0.15, 0.2) is 30.5 Å². The van der Waals surface area contributed by atoms with E-state index in [-0.39, 0.29) is 0 Å². The van der Waals surface area contributed by atoms with Crippen molar-refractivity contribution in [1.29, 1.82) is 0 Å². The van der Waals surface area contributed by atoms with Gasteiger partial charge in [-0.15, -0.1) is 0 Å². The molecule has 0 aliphatic rings. The first-order valence-electron chi connectivity index (χ1n) is 7.61. The number of benzene rings is 1. The molecule has 0 amide bonds. The van der Waals surface area contributed by atoms with Gasteiger partial charge in [0.2, 0.25) is 0 Å². The molecular formula is C17H25N3O. The summed E-state index contributed by atoms with van der Waals surface area (Å²) in [6.07, 6.45) is 3.07. The van der Waals surface area contributed by atoms with Gasteiger partial charge in [-0.3, -0.25) is 4.68 Å². The minimum Gasteiger partial charge on any atom is -0.377 e. The smallest absolute Gasteiger partial charge is 0.0719 e. The van der Waals surface area contributed by atoms with Gasteiger partial charge >= 0.3 is 0 Å². The summed E-state index contributed by atoms with van der Waals surface area (Å²) in [6.45, 7) is 7.29. The number of rotatable bonds is 8. The molecule has 21 heavy (non-hydrogen) atoms. The van der Waals surface area contributed by atoms with Crippen molar-refractivity contribution in [1.82, 2.24) is 15.1 Å². The lowest BCUT2D eigenvalue weighted by molar-refractivity contribution is 0.133. The minimum absolute atomic E-state index is 0.682. The summed E-state index contributed by atoms with van der Waals surface area (Å²) in [6, 6.07) is 8.43. The number of ether oxygens (including phenoxy) is 1. The summed E-state index contributed by atoms with van der Waals surface area (Å²) < 4.78 is 7.41. The Kier molecular flexibility index (Phi) is 5.96. The molecule has 1 N–H and O–H groups in total. The fraction of sp³-hybridized carbons (Fsp3) is 0.471. The quantitative estimate of drug-likeness (QED) is 0.811.